The van der Waals surface area contributed by atoms with Gasteiger partial charge in [-0.05, 0) is 91.8 Å². The first-order valence-corrected chi connectivity index (χ1v) is 24.5. The number of fused-ring (bicyclic) bond motifs is 7. The monoisotopic (exact) mass is 975 g/mol. The predicted molar refractivity (Wildman–Crippen MR) is 233 cm³/mol. The Kier molecular flexibility index (Phi) is 14.3. The molecule has 0 unspecified atom stereocenters. The number of carbonyl (C=O) groups is 1. The van der Waals surface area contributed by atoms with Crippen LogP contribution in [-0.4, -0.2) is 203 Å². The molecular formula is C48H78O20. The first-order chi connectivity index (χ1) is 31.7. The lowest BCUT2D eigenvalue weighted by molar-refractivity contribution is -0.361. The van der Waals surface area contributed by atoms with Gasteiger partial charge in [-0.25, -0.2) is 0 Å². The van der Waals surface area contributed by atoms with E-state index in [1.165, 1.54) is 6.92 Å². The van der Waals surface area contributed by atoms with Crippen LogP contribution in [-0.2, 0) is 33.2 Å². The molecule has 8 aliphatic rings. The summed E-state index contributed by atoms with van der Waals surface area (Å²) >= 11 is 0. The number of ether oxygens (including phenoxy) is 6. The molecule has 13 N–H and O–H groups in total. The Hall–Kier alpha value is -1.51. The van der Waals surface area contributed by atoms with E-state index in [9.17, 15) is 71.2 Å². The molecule has 0 bridgehead atoms. The second kappa shape index (κ2) is 18.5. The molecule has 3 aliphatic heterocycles. The molecule has 8 rings (SSSR count). The second-order valence-corrected chi connectivity index (χ2v) is 23.7. The average molecular weight is 975 g/mol. The standard InChI is InChI=1S/C48H78O20/c1-20-28(53)30(55)33(58)40(64-20)67-36-25(17-49)65-39(35(60)32(36)57)63-18-26-29(54)31(56)34(59)41(66-26)68-42(62)48-12-10-43(2,3)14-22(48)21-8-9-27-44(4)15-24(52)38(61)45(5,19-50)37(44)23(51)16-47(27,7)46(21,6)11-13-48/h8,20,22-41,49-61H,9-19H2,1-7H3/t20-,22-,23+,24+,25+,26+,27-,28-,29+,30+,31-,32+,33+,34+,35+,36+,37-,38-,39+,40-,41-,44+,45-,46+,47+,48-/m0/s1. The molecule has 26 atom stereocenters. The topological polar surface area (TPSA) is 335 Å². The van der Waals surface area contributed by atoms with Crippen molar-refractivity contribution >= 4 is 5.97 Å². The molecule has 68 heavy (non-hydrogen) atoms. The lowest BCUT2D eigenvalue weighted by Gasteiger charge is -2.72. The number of allylic oxidation sites excluding steroid dienone is 2. The summed E-state index contributed by atoms with van der Waals surface area (Å²) < 4.78 is 34.6. The van der Waals surface area contributed by atoms with Gasteiger partial charge in [0.05, 0.1) is 49.7 Å². The summed E-state index contributed by atoms with van der Waals surface area (Å²) in [5.41, 5.74) is -3.01. The van der Waals surface area contributed by atoms with Crippen molar-refractivity contribution < 1.29 is 99.6 Å². The van der Waals surface area contributed by atoms with Gasteiger partial charge in [0.2, 0.25) is 6.29 Å². The van der Waals surface area contributed by atoms with Crippen molar-refractivity contribution in [3.05, 3.63) is 11.6 Å². The fraction of sp³-hybridized carbons (Fsp3) is 0.938. The van der Waals surface area contributed by atoms with E-state index in [4.69, 9.17) is 28.4 Å². The number of aliphatic hydroxyl groups excluding tert-OH is 13. The zero-order chi connectivity index (χ0) is 50.0. The third-order valence-electron chi connectivity index (χ3n) is 19.3. The van der Waals surface area contributed by atoms with E-state index in [0.717, 1.165) is 5.57 Å². The lowest BCUT2D eigenvalue weighted by Crippen LogP contribution is -2.71. The van der Waals surface area contributed by atoms with Crippen molar-refractivity contribution in [2.75, 3.05) is 19.8 Å². The van der Waals surface area contributed by atoms with Gasteiger partial charge in [-0.3, -0.25) is 4.79 Å². The highest BCUT2D eigenvalue weighted by Crippen LogP contribution is 2.76. The molecule has 0 spiro atoms. The maximum Gasteiger partial charge on any atom is 0.315 e. The molecule has 0 aromatic carbocycles. The summed E-state index contributed by atoms with van der Waals surface area (Å²) in [4.78, 5) is 15.0. The molecule has 20 nitrogen and oxygen atoms in total. The highest BCUT2D eigenvalue weighted by atomic mass is 16.8. The summed E-state index contributed by atoms with van der Waals surface area (Å²) in [5.74, 6) is -1.51. The largest absolute Gasteiger partial charge is 0.432 e. The van der Waals surface area contributed by atoms with Crippen LogP contribution >= 0.6 is 0 Å². The minimum atomic E-state index is -1.89. The number of carbonyl (C=O) groups excluding carboxylic acids is 1. The highest BCUT2D eigenvalue weighted by Gasteiger charge is 2.73. The third-order valence-corrected chi connectivity index (χ3v) is 19.3. The zero-order valence-corrected chi connectivity index (χ0v) is 40.2. The molecule has 4 saturated carbocycles. The molecular weight excluding hydrogens is 897 g/mol. The van der Waals surface area contributed by atoms with Gasteiger partial charge in [-0.15, -0.1) is 0 Å². The molecule has 0 radical (unpaired) electrons. The van der Waals surface area contributed by atoms with Gasteiger partial charge >= 0.3 is 5.97 Å². The van der Waals surface area contributed by atoms with Gasteiger partial charge in [0, 0.05) is 11.3 Å². The zero-order valence-electron chi connectivity index (χ0n) is 40.2. The molecule has 3 saturated heterocycles. The van der Waals surface area contributed by atoms with Crippen LogP contribution in [0, 0.1) is 50.2 Å². The molecule has 0 amide bonds. The Labute approximate surface area is 396 Å². The predicted octanol–water partition coefficient (Wildman–Crippen LogP) is -1.92. The summed E-state index contributed by atoms with van der Waals surface area (Å²) in [6.45, 7) is 12.1. The van der Waals surface area contributed by atoms with E-state index in [-0.39, 0.29) is 23.7 Å². The Morgan fingerprint density at radius 1 is 0.676 bits per heavy atom. The van der Waals surface area contributed by atoms with Gasteiger partial charge < -0.3 is 94.8 Å². The van der Waals surface area contributed by atoms with Gasteiger partial charge in [-0.1, -0.05) is 53.2 Å². The fourth-order valence-electron chi connectivity index (χ4n) is 15.1. The first-order valence-electron chi connectivity index (χ1n) is 24.5. The molecule has 390 valence electrons. The normalized spacial score (nSPS) is 55.7. The molecule has 20 heteroatoms. The first kappa shape index (κ1) is 52.8. The SMILES string of the molecule is C[C@@H]1O[C@@H](O[C@H]2[C@H](O)[C@@H](O)[C@H](OC[C@H]3O[C@@H](OC(=O)[C@]45CCC(C)(C)C[C@H]4C4=CC[C@H]6[C@@]7(C)C[C@@H](O)[C@H](O)[C@@](C)(CO)[C@H]7[C@H](O)C[C@@]6(C)[C@]4(C)CC5)[C@H](O)[C@@H](O)[C@@H]3O)O[C@@H]2CO)[C@H](O)[C@H](O)[C@H]1O. The van der Waals surface area contributed by atoms with Gasteiger partial charge in [0.25, 0.3) is 0 Å². The van der Waals surface area contributed by atoms with Crippen LogP contribution in [0.4, 0.5) is 0 Å². The summed E-state index contributed by atoms with van der Waals surface area (Å²) in [6.07, 6.45) is -21.7. The number of esters is 1. The van der Waals surface area contributed by atoms with Gasteiger partial charge in [-0.2, -0.15) is 0 Å². The van der Waals surface area contributed by atoms with Crippen LogP contribution < -0.4 is 0 Å². The minimum absolute atomic E-state index is 0.0494. The van der Waals surface area contributed by atoms with E-state index < -0.39 is 169 Å². The van der Waals surface area contributed by atoms with Crippen LogP contribution in [0.2, 0.25) is 0 Å². The van der Waals surface area contributed by atoms with Crippen molar-refractivity contribution in [3.63, 3.8) is 0 Å². The number of aliphatic hydroxyl groups is 13. The Bertz CT molecular complexity index is 1870. The van der Waals surface area contributed by atoms with E-state index in [2.05, 4.69) is 40.7 Å². The van der Waals surface area contributed by atoms with Crippen LogP contribution in [0.15, 0.2) is 11.6 Å². The van der Waals surface area contributed by atoms with Crippen molar-refractivity contribution in [1.29, 1.82) is 0 Å². The van der Waals surface area contributed by atoms with E-state index in [1.54, 1.807) is 6.92 Å². The second-order valence-electron chi connectivity index (χ2n) is 23.7. The highest BCUT2D eigenvalue weighted by molar-refractivity contribution is 5.79. The van der Waals surface area contributed by atoms with Crippen LogP contribution in [0.25, 0.3) is 0 Å². The van der Waals surface area contributed by atoms with Crippen molar-refractivity contribution in [2.24, 2.45) is 50.2 Å². The van der Waals surface area contributed by atoms with Gasteiger partial charge in [0.15, 0.2) is 12.6 Å². The Balaban J connectivity index is 0.991. The van der Waals surface area contributed by atoms with Crippen molar-refractivity contribution in [1.82, 2.24) is 0 Å². The summed E-state index contributed by atoms with van der Waals surface area (Å²) in [5, 5.41) is 142. The molecule has 3 heterocycles. The van der Waals surface area contributed by atoms with E-state index >= 15 is 0 Å². The van der Waals surface area contributed by atoms with Crippen molar-refractivity contribution in [2.45, 2.75) is 210 Å². The smallest absolute Gasteiger partial charge is 0.315 e. The molecule has 7 fully saturated rings. The van der Waals surface area contributed by atoms with Crippen LogP contribution in [0.5, 0.6) is 0 Å². The average Bonchev–Trinajstić information content (AvgIpc) is 3.28. The van der Waals surface area contributed by atoms with Crippen molar-refractivity contribution in [3.8, 4) is 0 Å². The number of hydrogen-bond acceptors (Lipinski definition) is 20. The maximum atomic E-state index is 15.0. The van der Waals surface area contributed by atoms with E-state index in [1.807, 2.05) is 0 Å². The number of hydrogen-bond donors (Lipinski definition) is 13. The quantitative estimate of drug-likeness (QED) is 0.0885. The fourth-order valence-corrected chi connectivity index (χ4v) is 15.1. The molecule has 0 aromatic rings. The van der Waals surface area contributed by atoms with E-state index in [0.29, 0.717) is 44.9 Å². The minimum Gasteiger partial charge on any atom is -0.432 e. The summed E-state index contributed by atoms with van der Waals surface area (Å²) in [7, 11) is 0. The van der Waals surface area contributed by atoms with Crippen LogP contribution in [0.3, 0.4) is 0 Å². The van der Waals surface area contributed by atoms with Gasteiger partial charge in [0.1, 0.15) is 67.1 Å². The molecule has 0 aromatic heterocycles. The maximum absolute atomic E-state index is 15.0. The number of rotatable bonds is 9. The van der Waals surface area contributed by atoms with Crippen LogP contribution in [0.1, 0.15) is 99.8 Å². The Morgan fingerprint density at radius 3 is 1.96 bits per heavy atom. The third kappa shape index (κ3) is 8.07. The lowest BCUT2D eigenvalue weighted by atomic mass is 9.33. The summed E-state index contributed by atoms with van der Waals surface area (Å²) in [6, 6.07) is 0. The Morgan fingerprint density at radius 2 is 1.29 bits per heavy atom. The molecule has 5 aliphatic carbocycles.